The van der Waals surface area contributed by atoms with Gasteiger partial charge in [-0.05, 0) is 31.9 Å². The van der Waals surface area contributed by atoms with E-state index in [9.17, 15) is 9.59 Å². The molecule has 3 amide bonds. The van der Waals surface area contributed by atoms with Crippen molar-refractivity contribution in [2.24, 2.45) is 0 Å². The Morgan fingerprint density at radius 3 is 3.09 bits per heavy atom. The molecule has 1 saturated heterocycles. The first kappa shape index (κ1) is 14.4. The Balaban J connectivity index is 1.67. The monoisotopic (exact) mass is 300 g/mol. The first-order valence-corrected chi connectivity index (χ1v) is 7.61. The van der Waals surface area contributed by atoms with Crippen molar-refractivity contribution in [1.29, 1.82) is 0 Å². The maximum Gasteiger partial charge on any atom is 0.319 e. The minimum atomic E-state index is -0.434. The number of hydrogen-bond donors (Lipinski definition) is 3. The topological polar surface area (TPSA) is 77.2 Å². The average molecular weight is 300 g/mol. The minimum Gasteiger partial charge on any atom is -0.359 e. The second-order valence-electron chi connectivity index (χ2n) is 5.46. The molecule has 2 aromatic rings. The van der Waals surface area contributed by atoms with Gasteiger partial charge in [0.15, 0.2) is 0 Å². The lowest BCUT2D eigenvalue weighted by atomic mass is 10.1. The number of rotatable bonds is 3. The van der Waals surface area contributed by atoms with Crippen molar-refractivity contribution in [1.82, 2.24) is 15.2 Å². The summed E-state index contributed by atoms with van der Waals surface area (Å²) < 4.78 is 0. The van der Waals surface area contributed by atoms with Gasteiger partial charge in [0.25, 0.3) is 0 Å². The number of amides is 3. The van der Waals surface area contributed by atoms with Crippen LogP contribution in [0.15, 0.2) is 30.5 Å². The Kier molecular flexibility index (Phi) is 4.00. The van der Waals surface area contributed by atoms with E-state index in [1.165, 1.54) is 0 Å². The summed E-state index contributed by atoms with van der Waals surface area (Å²) in [6, 6.07) is 6.85. The average Bonchev–Trinajstić information content (AvgIpc) is 2.99. The largest absolute Gasteiger partial charge is 0.359 e. The lowest BCUT2D eigenvalue weighted by molar-refractivity contribution is -0.135. The first-order valence-electron chi connectivity index (χ1n) is 7.61. The van der Waals surface area contributed by atoms with E-state index < -0.39 is 6.04 Å². The molecular weight excluding hydrogens is 280 g/mol. The standard InChI is InChI=1S/C16H20N4O2/c1-2-20-10-4-7-13(15(20)21)19-16(22)18-12-6-3-5-11-8-9-17-14(11)12/h3,5-6,8-9,13,17H,2,4,7,10H2,1H3,(H2,18,19,22). The van der Waals surface area contributed by atoms with Gasteiger partial charge in [-0.25, -0.2) is 4.79 Å². The number of nitrogens with one attached hydrogen (secondary N) is 3. The summed E-state index contributed by atoms with van der Waals surface area (Å²) in [5.74, 6) is 0.00184. The van der Waals surface area contributed by atoms with E-state index in [-0.39, 0.29) is 11.9 Å². The number of anilines is 1. The second-order valence-corrected chi connectivity index (χ2v) is 5.46. The molecule has 0 aliphatic carbocycles. The number of H-pyrrole nitrogens is 1. The zero-order valence-electron chi connectivity index (χ0n) is 12.6. The quantitative estimate of drug-likeness (QED) is 0.813. The van der Waals surface area contributed by atoms with Gasteiger partial charge >= 0.3 is 6.03 Å². The molecule has 0 spiro atoms. The highest BCUT2D eigenvalue weighted by atomic mass is 16.2. The van der Waals surface area contributed by atoms with Gasteiger partial charge in [0.1, 0.15) is 6.04 Å². The van der Waals surface area contributed by atoms with Crippen LogP contribution >= 0.6 is 0 Å². The van der Waals surface area contributed by atoms with Gasteiger partial charge in [-0.3, -0.25) is 4.79 Å². The Morgan fingerprint density at radius 1 is 1.41 bits per heavy atom. The molecule has 22 heavy (non-hydrogen) atoms. The molecule has 3 N–H and O–H groups in total. The normalized spacial score (nSPS) is 18.5. The summed E-state index contributed by atoms with van der Waals surface area (Å²) in [5, 5.41) is 6.63. The summed E-state index contributed by atoms with van der Waals surface area (Å²) in [4.78, 5) is 29.3. The molecule has 1 aliphatic rings. The molecule has 0 saturated carbocycles. The zero-order chi connectivity index (χ0) is 15.5. The Bertz CT molecular complexity index is 694. The predicted octanol–water partition coefficient (Wildman–Crippen LogP) is 2.30. The number of urea groups is 1. The van der Waals surface area contributed by atoms with Crippen LogP contribution < -0.4 is 10.6 Å². The molecule has 1 unspecified atom stereocenters. The van der Waals surface area contributed by atoms with Crippen molar-refractivity contribution in [2.75, 3.05) is 18.4 Å². The number of carbonyl (C=O) groups is 2. The molecule has 0 radical (unpaired) electrons. The second kappa shape index (κ2) is 6.09. The third-order valence-electron chi connectivity index (χ3n) is 4.05. The van der Waals surface area contributed by atoms with Crippen LogP contribution in [0.4, 0.5) is 10.5 Å². The van der Waals surface area contributed by atoms with Crippen molar-refractivity contribution in [3.63, 3.8) is 0 Å². The van der Waals surface area contributed by atoms with Crippen molar-refractivity contribution < 1.29 is 9.59 Å². The molecule has 116 valence electrons. The summed E-state index contributed by atoms with van der Waals surface area (Å²) in [7, 11) is 0. The van der Waals surface area contributed by atoms with Gasteiger partial charge in [-0.15, -0.1) is 0 Å². The number of piperidine rings is 1. The summed E-state index contributed by atoms with van der Waals surface area (Å²) in [6.07, 6.45) is 3.43. The van der Waals surface area contributed by atoms with E-state index in [1.807, 2.05) is 37.4 Å². The fourth-order valence-electron chi connectivity index (χ4n) is 2.89. The molecule has 1 fully saturated rings. The van der Waals surface area contributed by atoms with E-state index in [0.29, 0.717) is 18.7 Å². The number of likely N-dealkylation sites (tertiary alicyclic amines) is 1. The van der Waals surface area contributed by atoms with E-state index in [1.54, 1.807) is 4.90 Å². The van der Waals surface area contributed by atoms with Gasteiger partial charge in [-0.1, -0.05) is 12.1 Å². The number of likely N-dealkylation sites (N-methyl/N-ethyl adjacent to an activating group) is 1. The van der Waals surface area contributed by atoms with Crippen LogP contribution in [0, 0.1) is 0 Å². The minimum absolute atomic E-state index is 0.00184. The maximum atomic E-state index is 12.2. The van der Waals surface area contributed by atoms with Crippen LogP contribution in [0.3, 0.4) is 0 Å². The lowest BCUT2D eigenvalue weighted by Crippen LogP contribution is -2.52. The third kappa shape index (κ3) is 2.77. The smallest absolute Gasteiger partial charge is 0.319 e. The molecule has 1 aromatic carbocycles. The zero-order valence-corrected chi connectivity index (χ0v) is 12.6. The molecule has 2 heterocycles. The Hall–Kier alpha value is -2.50. The van der Waals surface area contributed by atoms with Crippen molar-refractivity contribution in [3.8, 4) is 0 Å². The van der Waals surface area contributed by atoms with Crippen molar-refractivity contribution in [3.05, 3.63) is 30.5 Å². The van der Waals surface area contributed by atoms with Gasteiger partial charge in [-0.2, -0.15) is 0 Å². The Morgan fingerprint density at radius 2 is 2.27 bits per heavy atom. The number of para-hydroxylation sites is 1. The molecule has 3 rings (SSSR count). The highest BCUT2D eigenvalue weighted by Gasteiger charge is 2.28. The van der Waals surface area contributed by atoms with Gasteiger partial charge in [0.05, 0.1) is 11.2 Å². The number of hydrogen-bond acceptors (Lipinski definition) is 2. The number of aromatic nitrogens is 1. The number of fused-ring (bicyclic) bond motifs is 1. The van der Waals surface area contributed by atoms with Crippen LogP contribution in [0.5, 0.6) is 0 Å². The molecular formula is C16H20N4O2. The molecule has 0 bridgehead atoms. The Labute approximate surface area is 128 Å². The fraction of sp³-hybridized carbons (Fsp3) is 0.375. The molecule has 1 aliphatic heterocycles. The van der Waals surface area contributed by atoms with E-state index in [4.69, 9.17) is 0 Å². The first-order chi connectivity index (χ1) is 10.7. The predicted molar refractivity (Wildman–Crippen MR) is 85.7 cm³/mol. The number of aromatic amines is 1. The van der Waals surface area contributed by atoms with Crippen LogP contribution in [0.2, 0.25) is 0 Å². The van der Waals surface area contributed by atoms with Crippen molar-refractivity contribution in [2.45, 2.75) is 25.8 Å². The SMILES string of the molecule is CCN1CCCC(NC(=O)Nc2cccc3cc[nH]c23)C1=O. The van der Waals surface area contributed by atoms with Gasteiger partial charge in [0.2, 0.25) is 5.91 Å². The number of nitrogens with zero attached hydrogens (tertiary/aromatic N) is 1. The lowest BCUT2D eigenvalue weighted by Gasteiger charge is -2.31. The number of benzene rings is 1. The summed E-state index contributed by atoms with van der Waals surface area (Å²) in [5.41, 5.74) is 1.58. The van der Waals surface area contributed by atoms with Crippen LogP contribution in [0.25, 0.3) is 10.9 Å². The van der Waals surface area contributed by atoms with Crippen LogP contribution in [-0.2, 0) is 4.79 Å². The number of carbonyl (C=O) groups excluding carboxylic acids is 2. The van der Waals surface area contributed by atoms with Gasteiger partial charge in [0, 0.05) is 24.7 Å². The van der Waals surface area contributed by atoms with Crippen LogP contribution in [-0.4, -0.2) is 41.0 Å². The van der Waals surface area contributed by atoms with E-state index in [0.717, 1.165) is 23.9 Å². The molecule has 1 aromatic heterocycles. The molecule has 6 heteroatoms. The van der Waals surface area contributed by atoms with Crippen molar-refractivity contribution >= 4 is 28.5 Å². The fourth-order valence-corrected chi connectivity index (χ4v) is 2.89. The summed E-state index contributed by atoms with van der Waals surface area (Å²) in [6.45, 7) is 3.41. The van der Waals surface area contributed by atoms with Crippen LogP contribution in [0.1, 0.15) is 19.8 Å². The summed E-state index contributed by atoms with van der Waals surface area (Å²) >= 11 is 0. The third-order valence-corrected chi connectivity index (χ3v) is 4.05. The molecule has 1 atom stereocenters. The highest BCUT2D eigenvalue weighted by molar-refractivity contribution is 6.01. The van der Waals surface area contributed by atoms with E-state index in [2.05, 4.69) is 15.6 Å². The molecule has 6 nitrogen and oxygen atoms in total. The van der Waals surface area contributed by atoms with Gasteiger partial charge < -0.3 is 20.5 Å². The van der Waals surface area contributed by atoms with E-state index >= 15 is 0 Å². The maximum absolute atomic E-state index is 12.2. The highest BCUT2D eigenvalue weighted by Crippen LogP contribution is 2.21.